The molecule has 1 rings (SSSR count). The van der Waals surface area contributed by atoms with Crippen molar-refractivity contribution in [2.24, 2.45) is 0 Å². The van der Waals surface area contributed by atoms with E-state index in [1.54, 1.807) is 13.0 Å². The Morgan fingerprint density at radius 3 is 2.57 bits per heavy atom. The van der Waals surface area contributed by atoms with E-state index in [-0.39, 0.29) is 11.6 Å². The molecule has 0 amide bonds. The van der Waals surface area contributed by atoms with Crippen LogP contribution in [0.4, 0.5) is 4.39 Å². The Bertz CT molecular complexity index is 396. The number of hydrogen-bond acceptors (Lipinski definition) is 1. The van der Waals surface area contributed by atoms with Gasteiger partial charge in [-0.25, -0.2) is 4.39 Å². The average Bonchev–Trinajstić information content (AvgIpc) is 2.01. The molecule has 1 nitrogen and oxygen atoms in total. The first-order valence-electron chi connectivity index (χ1n) is 4.15. The fourth-order valence-electron chi connectivity index (χ4n) is 1.19. The molecule has 0 aromatic heterocycles. The van der Waals surface area contributed by atoms with Crippen LogP contribution in [-0.2, 0) is 4.79 Å². The summed E-state index contributed by atoms with van der Waals surface area (Å²) in [6, 6.07) is 4.11. The van der Waals surface area contributed by atoms with Crippen LogP contribution in [0.2, 0.25) is 5.02 Å². The summed E-state index contributed by atoms with van der Waals surface area (Å²) in [6.07, 6.45) is 1.47. The van der Waals surface area contributed by atoms with Gasteiger partial charge in [0.05, 0.1) is 5.02 Å². The van der Waals surface area contributed by atoms with Crippen LogP contribution < -0.4 is 0 Å². The van der Waals surface area contributed by atoms with E-state index in [2.05, 4.69) is 0 Å². The largest absolute Gasteiger partial charge is 0.295 e. The molecule has 0 aliphatic rings. The van der Waals surface area contributed by atoms with Gasteiger partial charge in [0, 0.05) is 0 Å². The van der Waals surface area contributed by atoms with E-state index in [0.29, 0.717) is 10.6 Å². The summed E-state index contributed by atoms with van der Waals surface area (Å²) in [5.41, 5.74) is 1.42. The van der Waals surface area contributed by atoms with E-state index in [1.165, 1.54) is 25.1 Å². The van der Waals surface area contributed by atoms with Gasteiger partial charge in [0.15, 0.2) is 5.78 Å². The summed E-state index contributed by atoms with van der Waals surface area (Å²) in [4.78, 5) is 10.8. The molecule has 14 heavy (non-hydrogen) atoms. The van der Waals surface area contributed by atoms with Crippen molar-refractivity contribution in [3.63, 3.8) is 0 Å². The summed E-state index contributed by atoms with van der Waals surface area (Å²) in [5.74, 6) is -0.433. The number of halogens is 2. The Morgan fingerprint density at radius 2 is 2.07 bits per heavy atom. The maximum Gasteiger partial charge on any atom is 0.152 e. The third-order valence-electron chi connectivity index (χ3n) is 1.78. The smallest absolute Gasteiger partial charge is 0.152 e. The molecule has 0 saturated heterocycles. The highest BCUT2D eigenvalue weighted by Gasteiger charge is 2.04. The van der Waals surface area contributed by atoms with Crippen molar-refractivity contribution >= 4 is 23.0 Å². The number of carbonyl (C=O) groups excluding carboxylic acids is 1. The zero-order chi connectivity index (χ0) is 10.7. The molecule has 0 atom stereocenters. The highest BCUT2D eigenvalue weighted by Crippen LogP contribution is 2.24. The number of carbonyl (C=O) groups is 1. The zero-order valence-corrected chi connectivity index (χ0v) is 8.73. The molecule has 0 saturated carbocycles. The summed E-state index contributed by atoms with van der Waals surface area (Å²) in [6.45, 7) is 3.22. The van der Waals surface area contributed by atoms with Crippen LogP contribution in [0.25, 0.3) is 5.57 Å². The van der Waals surface area contributed by atoms with Crippen molar-refractivity contribution in [3.8, 4) is 0 Å². The minimum Gasteiger partial charge on any atom is -0.295 e. The zero-order valence-electron chi connectivity index (χ0n) is 7.97. The number of hydrogen-bond donors (Lipinski definition) is 0. The van der Waals surface area contributed by atoms with E-state index < -0.39 is 0 Å². The van der Waals surface area contributed by atoms with Crippen LogP contribution in [0.15, 0.2) is 24.3 Å². The topological polar surface area (TPSA) is 17.1 Å². The van der Waals surface area contributed by atoms with E-state index in [1.807, 2.05) is 0 Å². The van der Waals surface area contributed by atoms with Crippen molar-refractivity contribution in [2.75, 3.05) is 0 Å². The molecule has 1 aromatic carbocycles. The molecule has 3 heteroatoms. The van der Waals surface area contributed by atoms with E-state index in [0.717, 1.165) is 5.57 Å². The van der Waals surface area contributed by atoms with Crippen LogP contribution in [0.1, 0.15) is 19.4 Å². The van der Waals surface area contributed by atoms with Crippen LogP contribution in [-0.4, -0.2) is 5.78 Å². The van der Waals surface area contributed by atoms with Crippen molar-refractivity contribution < 1.29 is 9.18 Å². The normalized spacial score (nSPS) is 11.6. The number of rotatable bonds is 2. The van der Waals surface area contributed by atoms with Gasteiger partial charge in [-0.05, 0) is 43.2 Å². The van der Waals surface area contributed by atoms with E-state index in [4.69, 9.17) is 11.6 Å². The molecule has 0 aliphatic heterocycles. The first kappa shape index (κ1) is 10.9. The van der Waals surface area contributed by atoms with Gasteiger partial charge in [-0.1, -0.05) is 17.7 Å². The van der Waals surface area contributed by atoms with Crippen LogP contribution in [0.5, 0.6) is 0 Å². The van der Waals surface area contributed by atoms with E-state index in [9.17, 15) is 9.18 Å². The molecule has 0 radical (unpaired) electrons. The van der Waals surface area contributed by atoms with Crippen molar-refractivity contribution in [3.05, 3.63) is 40.7 Å². The number of ketones is 1. The van der Waals surface area contributed by atoms with Crippen LogP contribution in [0, 0.1) is 5.82 Å². The monoisotopic (exact) mass is 212 g/mol. The second kappa shape index (κ2) is 4.38. The lowest BCUT2D eigenvalue weighted by Gasteiger charge is -2.03. The standard InChI is InChI=1S/C11H10ClFO/c1-7(5-8(2)14)10-4-3-9(13)6-11(10)12/h3-6H,1-2H3/b7-5-. The molecule has 1 aromatic rings. The highest BCUT2D eigenvalue weighted by atomic mass is 35.5. The van der Waals surface area contributed by atoms with Gasteiger partial charge in [-0.15, -0.1) is 0 Å². The molecule has 0 fully saturated rings. The lowest BCUT2D eigenvalue weighted by atomic mass is 10.1. The maximum absolute atomic E-state index is 12.7. The third kappa shape index (κ3) is 2.67. The van der Waals surface area contributed by atoms with Crippen LogP contribution >= 0.6 is 11.6 Å². The molecule has 0 unspecified atom stereocenters. The summed E-state index contributed by atoms with van der Waals surface area (Å²) in [7, 11) is 0. The minimum atomic E-state index is -0.380. The maximum atomic E-state index is 12.7. The molecule has 0 spiro atoms. The van der Waals surface area contributed by atoms with Gasteiger partial charge in [0.25, 0.3) is 0 Å². The fourth-order valence-corrected chi connectivity index (χ4v) is 1.51. The molecule has 0 heterocycles. The third-order valence-corrected chi connectivity index (χ3v) is 2.09. The van der Waals surface area contributed by atoms with Crippen LogP contribution in [0.3, 0.4) is 0 Å². The Hall–Kier alpha value is -1.15. The van der Waals surface area contributed by atoms with Gasteiger partial charge >= 0.3 is 0 Å². The second-order valence-electron chi connectivity index (χ2n) is 3.06. The van der Waals surface area contributed by atoms with Crippen molar-refractivity contribution in [2.45, 2.75) is 13.8 Å². The first-order valence-corrected chi connectivity index (χ1v) is 4.53. The molecule has 74 valence electrons. The Labute approximate surface area is 87.2 Å². The highest BCUT2D eigenvalue weighted by molar-refractivity contribution is 6.32. The second-order valence-corrected chi connectivity index (χ2v) is 3.47. The SMILES string of the molecule is CC(=O)/C=C(/C)c1ccc(F)cc1Cl. The Kier molecular flexibility index (Phi) is 3.42. The molecular formula is C11H10ClFO. The van der Waals surface area contributed by atoms with E-state index >= 15 is 0 Å². The summed E-state index contributed by atoms with van der Waals surface area (Å²) in [5, 5.41) is 0.319. The van der Waals surface area contributed by atoms with Gasteiger partial charge in [0.1, 0.15) is 5.82 Å². The molecule has 0 aliphatic carbocycles. The first-order chi connectivity index (χ1) is 6.50. The predicted molar refractivity (Wildman–Crippen MR) is 55.7 cm³/mol. The number of benzene rings is 1. The molecular weight excluding hydrogens is 203 g/mol. The predicted octanol–water partition coefficient (Wildman–Crippen LogP) is 3.47. The molecule has 0 bridgehead atoms. The quantitative estimate of drug-likeness (QED) is 0.686. The summed E-state index contributed by atoms with van der Waals surface area (Å²) >= 11 is 5.82. The minimum absolute atomic E-state index is 0.0529. The number of allylic oxidation sites excluding steroid dienone is 2. The van der Waals surface area contributed by atoms with Crippen molar-refractivity contribution in [1.29, 1.82) is 0 Å². The molecule has 0 N–H and O–H groups in total. The van der Waals surface area contributed by atoms with Gasteiger partial charge < -0.3 is 0 Å². The summed E-state index contributed by atoms with van der Waals surface area (Å²) < 4.78 is 12.7. The van der Waals surface area contributed by atoms with Crippen molar-refractivity contribution in [1.82, 2.24) is 0 Å². The average molecular weight is 213 g/mol. The van der Waals surface area contributed by atoms with Gasteiger partial charge in [0.2, 0.25) is 0 Å². The Balaban J connectivity index is 3.14. The van der Waals surface area contributed by atoms with Gasteiger partial charge in [-0.3, -0.25) is 4.79 Å². The lowest BCUT2D eigenvalue weighted by Crippen LogP contribution is -1.88. The Morgan fingerprint density at radius 1 is 1.43 bits per heavy atom. The lowest BCUT2D eigenvalue weighted by molar-refractivity contribution is -0.112. The van der Waals surface area contributed by atoms with Gasteiger partial charge in [-0.2, -0.15) is 0 Å². The fraction of sp³-hybridized carbons (Fsp3) is 0.182.